The lowest BCUT2D eigenvalue weighted by molar-refractivity contribution is -0.138. The molecule has 1 aliphatic heterocycles. The van der Waals surface area contributed by atoms with E-state index < -0.39 is 6.04 Å². The highest BCUT2D eigenvalue weighted by Gasteiger charge is 2.27. The quantitative estimate of drug-likeness (QED) is 0.791. The number of amides is 1. The van der Waals surface area contributed by atoms with Crippen LogP contribution in [0.3, 0.4) is 0 Å². The Kier molecular flexibility index (Phi) is 5.72. The lowest BCUT2D eigenvalue weighted by Gasteiger charge is -2.33. The van der Waals surface area contributed by atoms with Crippen LogP contribution in [0.25, 0.3) is 11.3 Å². The maximum atomic E-state index is 13.0. The maximum Gasteiger partial charge on any atom is 0.267 e. The van der Waals surface area contributed by atoms with Crippen LogP contribution >= 0.6 is 0 Å². The Morgan fingerprint density at radius 3 is 2.29 bits per heavy atom. The largest absolute Gasteiger partial charge is 0.486 e. The molecule has 2 heterocycles. The summed E-state index contributed by atoms with van der Waals surface area (Å²) in [6, 6.07) is 8.00. The van der Waals surface area contributed by atoms with E-state index >= 15 is 0 Å². The third-order valence-corrected chi connectivity index (χ3v) is 4.75. The second kappa shape index (κ2) is 8.04. The predicted octanol–water partition coefficient (Wildman–Crippen LogP) is 2.89. The van der Waals surface area contributed by atoms with Crippen LogP contribution in [0.2, 0.25) is 0 Å². The van der Waals surface area contributed by atoms with Crippen molar-refractivity contribution < 1.29 is 14.3 Å². The van der Waals surface area contributed by atoms with E-state index in [1.807, 2.05) is 45.9 Å². The molecular formula is C21H27N3O4. The minimum atomic E-state index is -0.700. The molecule has 0 fully saturated rings. The molecule has 0 spiro atoms. The third-order valence-electron chi connectivity index (χ3n) is 4.75. The minimum Gasteiger partial charge on any atom is -0.486 e. The molecule has 1 aliphatic rings. The highest BCUT2D eigenvalue weighted by molar-refractivity contribution is 5.80. The molecule has 1 atom stereocenters. The molecule has 0 bridgehead atoms. The number of fused-ring (bicyclic) bond motifs is 1. The normalized spacial score (nSPS) is 14.2. The second-order valence-electron chi connectivity index (χ2n) is 7.47. The number of carbonyl (C=O) groups is 1. The fourth-order valence-corrected chi connectivity index (χ4v) is 3.48. The van der Waals surface area contributed by atoms with Gasteiger partial charge in [-0.15, -0.1) is 0 Å². The molecule has 0 N–H and O–H groups in total. The van der Waals surface area contributed by atoms with E-state index in [0.29, 0.717) is 30.4 Å². The van der Waals surface area contributed by atoms with Crippen LogP contribution in [0, 0.1) is 0 Å². The number of aromatic nitrogens is 2. The standard InChI is InChI=1S/C21H27N3O4/c1-13(2)23(14(3)4)21(26)15(5)24-20(25)9-7-17(22-24)16-6-8-18-19(12-16)28-11-10-27-18/h6-9,12-15H,10-11H2,1-5H3/t15-/m0/s1. The topological polar surface area (TPSA) is 73.7 Å². The van der Waals surface area contributed by atoms with Crippen molar-refractivity contribution in [2.45, 2.75) is 52.7 Å². The number of rotatable bonds is 5. The second-order valence-corrected chi connectivity index (χ2v) is 7.47. The van der Waals surface area contributed by atoms with Crippen LogP contribution in [0.15, 0.2) is 35.1 Å². The van der Waals surface area contributed by atoms with Crippen molar-refractivity contribution in [1.82, 2.24) is 14.7 Å². The number of nitrogens with zero attached hydrogens (tertiary/aromatic N) is 3. The van der Waals surface area contributed by atoms with E-state index in [1.165, 1.54) is 10.7 Å². The number of hydrogen-bond acceptors (Lipinski definition) is 5. The molecule has 7 nitrogen and oxygen atoms in total. The molecule has 0 saturated carbocycles. The van der Waals surface area contributed by atoms with Crippen LogP contribution in [-0.4, -0.2) is 45.9 Å². The van der Waals surface area contributed by atoms with E-state index in [1.54, 1.807) is 17.9 Å². The molecule has 28 heavy (non-hydrogen) atoms. The molecule has 0 radical (unpaired) electrons. The highest BCUT2D eigenvalue weighted by atomic mass is 16.6. The molecule has 1 aromatic heterocycles. The first kappa shape index (κ1) is 19.9. The maximum absolute atomic E-state index is 13.0. The van der Waals surface area contributed by atoms with Crippen molar-refractivity contribution in [3.8, 4) is 22.8 Å². The molecule has 150 valence electrons. The number of hydrogen-bond donors (Lipinski definition) is 0. The van der Waals surface area contributed by atoms with Crippen molar-refractivity contribution in [3.63, 3.8) is 0 Å². The Labute approximate surface area is 164 Å². The first-order valence-electron chi connectivity index (χ1n) is 9.61. The number of carbonyl (C=O) groups excluding carboxylic acids is 1. The van der Waals surface area contributed by atoms with Gasteiger partial charge in [-0.3, -0.25) is 9.59 Å². The lowest BCUT2D eigenvalue weighted by Crippen LogP contribution is -2.46. The van der Waals surface area contributed by atoms with E-state index in [4.69, 9.17) is 9.47 Å². The van der Waals surface area contributed by atoms with E-state index in [-0.39, 0.29) is 23.6 Å². The van der Waals surface area contributed by atoms with E-state index in [9.17, 15) is 9.59 Å². The minimum absolute atomic E-state index is 0.0339. The van der Waals surface area contributed by atoms with Crippen LogP contribution in [0.5, 0.6) is 11.5 Å². The molecule has 1 aromatic carbocycles. The van der Waals surface area contributed by atoms with Crippen LogP contribution < -0.4 is 15.0 Å². The Bertz CT molecular complexity index is 912. The van der Waals surface area contributed by atoms with Gasteiger partial charge >= 0.3 is 0 Å². The van der Waals surface area contributed by atoms with Gasteiger partial charge in [0, 0.05) is 23.7 Å². The summed E-state index contributed by atoms with van der Waals surface area (Å²) in [4.78, 5) is 27.2. The Balaban J connectivity index is 1.95. The zero-order valence-electron chi connectivity index (χ0n) is 17.0. The van der Waals surface area contributed by atoms with Crippen molar-refractivity contribution >= 4 is 5.91 Å². The van der Waals surface area contributed by atoms with E-state index in [0.717, 1.165) is 5.56 Å². The molecule has 0 unspecified atom stereocenters. The van der Waals surface area contributed by atoms with Crippen molar-refractivity contribution in [2.24, 2.45) is 0 Å². The van der Waals surface area contributed by atoms with Crippen molar-refractivity contribution in [3.05, 3.63) is 40.7 Å². The molecule has 0 saturated heterocycles. The summed E-state index contributed by atoms with van der Waals surface area (Å²) in [6.45, 7) is 10.6. The molecule has 2 aromatic rings. The molecule has 3 rings (SSSR count). The average Bonchev–Trinajstić information content (AvgIpc) is 2.66. The molecule has 0 aliphatic carbocycles. The van der Waals surface area contributed by atoms with Gasteiger partial charge in [-0.25, -0.2) is 4.68 Å². The number of ether oxygens (including phenoxy) is 2. The van der Waals surface area contributed by atoms with Gasteiger partial charge in [-0.05, 0) is 58.9 Å². The first-order chi connectivity index (χ1) is 13.3. The molecule has 1 amide bonds. The highest BCUT2D eigenvalue weighted by Crippen LogP contribution is 2.33. The summed E-state index contributed by atoms with van der Waals surface area (Å²) in [7, 11) is 0. The fraction of sp³-hybridized carbons (Fsp3) is 0.476. The average molecular weight is 385 g/mol. The summed E-state index contributed by atoms with van der Waals surface area (Å²) in [5, 5.41) is 4.47. The number of benzene rings is 1. The zero-order chi connectivity index (χ0) is 20.4. The SMILES string of the molecule is CC(C)N(C(=O)[C@H](C)n1nc(-c2ccc3c(c2)OCCO3)ccc1=O)C(C)C. The Hall–Kier alpha value is -2.83. The van der Waals surface area contributed by atoms with Gasteiger partial charge in [-0.2, -0.15) is 5.10 Å². The first-order valence-corrected chi connectivity index (χ1v) is 9.61. The van der Waals surface area contributed by atoms with Gasteiger partial charge < -0.3 is 14.4 Å². The van der Waals surface area contributed by atoms with Gasteiger partial charge in [0.2, 0.25) is 5.91 Å². The summed E-state index contributed by atoms with van der Waals surface area (Å²) in [6.07, 6.45) is 0. The predicted molar refractivity (Wildman–Crippen MR) is 107 cm³/mol. The van der Waals surface area contributed by atoms with E-state index in [2.05, 4.69) is 5.10 Å². The molecular weight excluding hydrogens is 358 g/mol. The summed E-state index contributed by atoms with van der Waals surface area (Å²) in [5.41, 5.74) is 1.08. The van der Waals surface area contributed by atoms with Gasteiger partial charge in [0.25, 0.3) is 5.56 Å². The lowest BCUT2D eigenvalue weighted by atomic mass is 10.1. The van der Waals surface area contributed by atoms with Gasteiger partial charge in [-0.1, -0.05) is 0 Å². The zero-order valence-corrected chi connectivity index (χ0v) is 17.0. The fourth-order valence-electron chi connectivity index (χ4n) is 3.48. The van der Waals surface area contributed by atoms with Gasteiger partial charge in [0.15, 0.2) is 11.5 Å². The summed E-state index contributed by atoms with van der Waals surface area (Å²) >= 11 is 0. The van der Waals surface area contributed by atoms with Crippen LogP contribution in [0.4, 0.5) is 0 Å². The van der Waals surface area contributed by atoms with Crippen molar-refractivity contribution in [1.29, 1.82) is 0 Å². The summed E-state index contributed by atoms with van der Waals surface area (Å²) < 4.78 is 12.4. The van der Waals surface area contributed by atoms with Gasteiger partial charge in [0.05, 0.1) is 5.69 Å². The Morgan fingerprint density at radius 1 is 1.00 bits per heavy atom. The van der Waals surface area contributed by atoms with Gasteiger partial charge in [0.1, 0.15) is 19.3 Å². The van der Waals surface area contributed by atoms with Crippen LogP contribution in [-0.2, 0) is 4.79 Å². The third kappa shape index (κ3) is 3.88. The monoisotopic (exact) mass is 385 g/mol. The summed E-state index contributed by atoms with van der Waals surface area (Å²) in [5.74, 6) is 1.22. The molecule has 7 heteroatoms. The Morgan fingerprint density at radius 2 is 1.64 bits per heavy atom. The van der Waals surface area contributed by atoms with Crippen LogP contribution in [0.1, 0.15) is 40.7 Å². The van der Waals surface area contributed by atoms with Crippen molar-refractivity contribution in [2.75, 3.05) is 13.2 Å². The smallest absolute Gasteiger partial charge is 0.267 e.